The molecular weight excluding hydrogens is 226 g/mol. The first kappa shape index (κ1) is 12.2. The molecule has 2 aliphatic rings. The number of imidazole rings is 1. The van der Waals surface area contributed by atoms with Crippen LogP contribution in [0.2, 0.25) is 0 Å². The van der Waals surface area contributed by atoms with Gasteiger partial charge in [-0.05, 0) is 38.1 Å². The summed E-state index contributed by atoms with van der Waals surface area (Å²) in [6, 6.07) is 0.512. The van der Waals surface area contributed by atoms with Crippen molar-refractivity contribution in [3.05, 3.63) is 18.2 Å². The van der Waals surface area contributed by atoms with E-state index in [1.165, 1.54) is 25.0 Å². The second kappa shape index (κ2) is 5.41. The Morgan fingerprint density at radius 3 is 3.11 bits per heavy atom. The van der Waals surface area contributed by atoms with E-state index in [0.29, 0.717) is 12.1 Å². The van der Waals surface area contributed by atoms with Crippen molar-refractivity contribution < 1.29 is 4.74 Å². The number of aromatic nitrogens is 2. The molecule has 1 aliphatic heterocycles. The molecule has 0 spiro atoms. The number of hydrogen-bond donors (Lipinski definition) is 1. The van der Waals surface area contributed by atoms with Gasteiger partial charge in [0.2, 0.25) is 0 Å². The molecule has 2 unspecified atom stereocenters. The van der Waals surface area contributed by atoms with Crippen LogP contribution in [0.15, 0.2) is 12.5 Å². The molecule has 4 nitrogen and oxygen atoms in total. The lowest BCUT2D eigenvalue weighted by molar-refractivity contribution is 0.0745. The Balaban J connectivity index is 1.68. The van der Waals surface area contributed by atoms with Crippen LogP contribution >= 0.6 is 0 Å². The van der Waals surface area contributed by atoms with Gasteiger partial charge in [-0.2, -0.15) is 0 Å². The molecule has 0 bridgehead atoms. The Labute approximate surface area is 109 Å². The van der Waals surface area contributed by atoms with Crippen LogP contribution in [0.1, 0.15) is 44.3 Å². The van der Waals surface area contributed by atoms with Crippen LogP contribution < -0.4 is 5.32 Å². The molecule has 1 saturated carbocycles. The highest BCUT2D eigenvalue weighted by molar-refractivity contribution is 5.04. The molecule has 0 aromatic carbocycles. The molecule has 0 amide bonds. The molecule has 1 aromatic heterocycles. The summed E-state index contributed by atoms with van der Waals surface area (Å²) >= 11 is 0. The quantitative estimate of drug-likeness (QED) is 0.785. The van der Waals surface area contributed by atoms with Gasteiger partial charge in [0.05, 0.1) is 24.2 Å². The highest BCUT2D eigenvalue weighted by atomic mass is 16.5. The summed E-state index contributed by atoms with van der Waals surface area (Å²) in [5.74, 6) is 0.802. The first-order chi connectivity index (χ1) is 8.90. The van der Waals surface area contributed by atoms with Crippen LogP contribution in [0.5, 0.6) is 0 Å². The maximum atomic E-state index is 5.92. The van der Waals surface area contributed by atoms with E-state index in [-0.39, 0.29) is 0 Å². The molecule has 1 aliphatic carbocycles. The highest BCUT2D eigenvalue weighted by Crippen LogP contribution is 2.43. The van der Waals surface area contributed by atoms with E-state index >= 15 is 0 Å². The molecule has 4 heteroatoms. The van der Waals surface area contributed by atoms with Gasteiger partial charge in [-0.3, -0.25) is 0 Å². The fourth-order valence-electron chi connectivity index (χ4n) is 2.93. The first-order valence-corrected chi connectivity index (χ1v) is 7.23. The number of rotatable bonds is 6. The van der Waals surface area contributed by atoms with Crippen molar-refractivity contribution >= 4 is 0 Å². The molecule has 2 atom stereocenters. The zero-order valence-electron chi connectivity index (χ0n) is 11.1. The van der Waals surface area contributed by atoms with Gasteiger partial charge in [0, 0.05) is 19.3 Å². The van der Waals surface area contributed by atoms with Gasteiger partial charge in [-0.15, -0.1) is 0 Å². The van der Waals surface area contributed by atoms with Crippen molar-refractivity contribution in [1.29, 1.82) is 0 Å². The number of hydrogen-bond acceptors (Lipinski definition) is 3. The maximum Gasteiger partial charge on any atom is 0.0952 e. The molecule has 18 heavy (non-hydrogen) atoms. The lowest BCUT2D eigenvalue weighted by Gasteiger charge is -2.21. The Bertz CT molecular complexity index is 386. The summed E-state index contributed by atoms with van der Waals surface area (Å²) in [6.07, 6.45) is 9.41. The number of nitrogens with zero attached hydrogens (tertiary/aromatic N) is 2. The monoisotopic (exact) mass is 249 g/mol. The topological polar surface area (TPSA) is 39.1 Å². The summed E-state index contributed by atoms with van der Waals surface area (Å²) in [7, 11) is 0. The van der Waals surface area contributed by atoms with Crippen molar-refractivity contribution in [3.8, 4) is 0 Å². The minimum absolute atomic E-state index is 0.434. The molecule has 2 fully saturated rings. The summed E-state index contributed by atoms with van der Waals surface area (Å²) in [5, 5.41) is 3.46. The van der Waals surface area contributed by atoms with Gasteiger partial charge in [0.25, 0.3) is 0 Å². The number of nitrogens with one attached hydrogen (secondary N) is 1. The SMILES string of the molecule is CCCNCc1cncn1C1CCOC1C1CC1. The molecule has 2 heterocycles. The van der Waals surface area contributed by atoms with E-state index < -0.39 is 0 Å². The van der Waals surface area contributed by atoms with Crippen LogP contribution in [-0.4, -0.2) is 28.8 Å². The summed E-state index contributed by atoms with van der Waals surface area (Å²) in [6.45, 7) is 5.09. The average Bonchev–Trinajstić information content (AvgIpc) is 2.93. The summed E-state index contributed by atoms with van der Waals surface area (Å²) in [4.78, 5) is 4.33. The van der Waals surface area contributed by atoms with Crippen molar-refractivity contribution in [2.75, 3.05) is 13.2 Å². The minimum atomic E-state index is 0.434. The summed E-state index contributed by atoms with van der Waals surface area (Å²) in [5.41, 5.74) is 1.30. The van der Waals surface area contributed by atoms with E-state index in [9.17, 15) is 0 Å². The van der Waals surface area contributed by atoms with Crippen molar-refractivity contribution in [2.24, 2.45) is 5.92 Å². The third-order valence-electron chi connectivity index (χ3n) is 4.03. The lowest BCUT2D eigenvalue weighted by atomic mass is 10.1. The van der Waals surface area contributed by atoms with E-state index in [1.807, 2.05) is 12.5 Å². The predicted octanol–water partition coefficient (Wildman–Crippen LogP) is 2.12. The Kier molecular flexibility index (Phi) is 3.66. The standard InChI is InChI=1S/C14H23N3O/c1-2-6-15-8-12-9-16-10-17(12)13-5-7-18-14(13)11-3-4-11/h9-11,13-15H,2-8H2,1H3. The predicted molar refractivity (Wildman–Crippen MR) is 70.3 cm³/mol. The fraction of sp³-hybridized carbons (Fsp3) is 0.786. The Morgan fingerprint density at radius 2 is 2.33 bits per heavy atom. The minimum Gasteiger partial charge on any atom is -0.376 e. The first-order valence-electron chi connectivity index (χ1n) is 7.23. The zero-order valence-corrected chi connectivity index (χ0v) is 11.1. The second-order valence-electron chi connectivity index (χ2n) is 5.50. The van der Waals surface area contributed by atoms with Crippen molar-refractivity contribution in [2.45, 2.75) is 51.3 Å². The van der Waals surface area contributed by atoms with Gasteiger partial charge < -0.3 is 14.6 Å². The van der Waals surface area contributed by atoms with E-state index in [0.717, 1.165) is 32.0 Å². The lowest BCUT2D eigenvalue weighted by Crippen LogP contribution is -2.25. The molecule has 100 valence electrons. The maximum absolute atomic E-state index is 5.92. The van der Waals surface area contributed by atoms with Crippen LogP contribution in [0.25, 0.3) is 0 Å². The van der Waals surface area contributed by atoms with Crippen LogP contribution in [0.4, 0.5) is 0 Å². The highest BCUT2D eigenvalue weighted by Gasteiger charge is 2.41. The van der Waals surface area contributed by atoms with Crippen LogP contribution in [-0.2, 0) is 11.3 Å². The number of ether oxygens (including phenoxy) is 1. The summed E-state index contributed by atoms with van der Waals surface area (Å²) < 4.78 is 8.27. The normalized spacial score (nSPS) is 27.8. The van der Waals surface area contributed by atoms with E-state index in [1.54, 1.807) is 0 Å². The van der Waals surface area contributed by atoms with Crippen LogP contribution in [0, 0.1) is 5.92 Å². The fourth-order valence-corrected chi connectivity index (χ4v) is 2.93. The van der Waals surface area contributed by atoms with E-state index in [2.05, 4.69) is 21.8 Å². The Morgan fingerprint density at radius 1 is 1.44 bits per heavy atom. The molecule has 3 rings (SSSR count). The molecule has 0 radical (unpaired) electrons. The molecule has 1 N–H and O–H groups in total. The average molecular weight is 249 g/mol. The largest absolute Gasteiger partial charge is 0.376 e. The van der Waals surface area contributed by atoms with Crippen LogP contribution in [0.3, 0.4) is 0 Å². The third-order valence-corrected chi connectivity index (χ3v) is 4.03. The molecular formula is C14H23N3O. The molecule has 1 aromatic rings. The molecule has 1 saturated heterocycles. The van der Waals surface area contributed by atoms with Crippen molar-refractivity contribution in [3.63, 3.8) is 0 Å². The smallest absolute Gasteiger partial charge is 0.0952 e. The van der Waals surface area contributed by atoms with E-state index in [4.69, 9.17) is 4.74 Å². The Hall–Kier alpha value is -0.870. The second-order valence-corrected chi connectivity index (χ2v) is 5.50. The zero-order chi connectivity index (χ0) is 12.4. The third kappa shape index (κ3) is 2.45. The van der Waals surface area contributed by atoms with Gasteiger partial charge in [-0.25, -0.2) is 4.98 Å². The van der Waals surface area contributed by atoms with Gasteiger partial charge >= 0.3 is 0 Å². The van der Waals surface area contributed by atoms with Gasteiger partial charge in [0.1, 0.15) is 0 Å². The van der Waals surface area contributed by atoms with Crippen molar-refractivity contribution in [1.82, 2.24) is 14.9 Å². The van der Waals surface area contributed by atoms with Gasteiger partial charge in [-0.1, -0.05) is 6.92 Å². The van der Waals surface area contributed by atoms with Gasteiger partial charge in [0.15, 0.2) is 0 Å².